The predicted octanol–water partition coefficient (Wildman–Crippen LogP) is 2.67. The summed E-state index contributed by atoms with van der Waals surface area (Å²) in [6.07, 6.45) is 7.72. The topological polar surface area (TPSA) is 212 Å². The van der Waals surface area contributed by atoms with Gasteiger partial charge >= 0.3 is 10.4 Å². The van der Waals surface area contributed by atoms with Crippen LogP contribution >= 0.6 is 0 Å². The molecular formula is C31H59NO12S. The number of aliphatic hydroxyl groups excluding tert-OH is 5. The van der Waals surface area contributed by atoms with Gasteiger partial charge in [0.05, 0.1) is 25.4 Å². The lowest BCUT2D eigenvalue weighted by Gasteiger charge is -2.41. The fraction of sp³-hybridized carbons (Fsp3) is 0.903. The van der Waals surface area contributed by atoms with Crippen molar-refractivity contribution in [2.24, 2.45) is 0 Å². The third-order valence-electron chi connectivity index (χ3n) is 7.93. The van der Waals surface area contributed by atoms with Gasteiger partial charge in [0.2, 0.25) is 5.91 Å². The van der Waals surface area contributed by atoms with Crippen LogP contribution in [0.4, 0.5) is 0 Å². The molecule has 1 aliphatic rings. The Morgan fingerprint density at radius 2 is 1.44 bits per heavy atom. The molecule has 0 aromatic heterocycles. The van der Waals surface area contributed by atoms with Crippen molar-refractivity contribution in [2.45, 2.75) is 166 Å². The first-order chi connectivity index (χ1) is 21.4. The molecule has 1 rings (SSSR count). The van der Waals surface area contributed by atoms with Crippen molar-refractivity contribution in [3.8, 4) is 0 Å². The van der Waals surface area contributed by atoms with Gasteiger partial charge in [-0.05, 0) is 32.1 Å². The quantitative estimate of drug-likeness (QED) is 0.0403. The van der Waals surface area contributed by atoms with Crippen molar-refractivity contribution < 1.29 is 57.0 Å². The molecule has 0 bridgehead atoms. The third kappa shape index (κ3) is 18.1. The standard InChI is InChI=1S/C31H59NO12S/c1-3-5-7-9-11-12-13-14-16-18-20-25(35)30(38)32-23(24(34)19-17-15-10-8-6-4-2)22-42-31-28(37)29(44-45(39,40)41)27(36)26(21-33)43-31/h9,11,23-29,31,33-37H,3-8,10,12-22H2,1-2H3,(H,32,38)(H,39,40,41)/b11-9-. The Morgan fingerprint density at radius 3 is 2.07 bits per heavy atom. The number of aliphatic hydroxyl groups is 5. The molecular weight excluding hydrogens is 610 g/mol. The summed E-state index contributed by atoms with van der Waals surface area (Å²) in [5.74, 6) is -0.689. The van der Waals surface area contributed by atoms with Crippen molar-refractivity contribution in [1.82, 2.24) is 5.32 Å². The number of rotatable bonds is 26. The Kier molecular flexibility index (Phi) is 22.3. The van der Waals surface area contributed by atoms with Gasteiger partial charge in [-0.3, -0.25) is 9.35 Å². The Labute approximate surface area is 269 Å². The number of hydrogen-bond donors (Lipinski definition) is 7. The minimum atomic E-state index is -5.09. The lowest BCUT2D eigenvalue weighted by molar-refractivity contribution is -0.298. The summed E-state index contributed by atoms with van der Waals surface area (Å²) in [6.45, 7) is 3.07. The molecule has 1 amide bonds. The van der Waals surface area contributed by atoms with Crippen LogP contribution in [0.1, 0.15) is 117 Å². The van der Waals surface area contributed by atoms with Gasteiger partial charge in [0, 0.05) is 0 Å². The number of nitrogens with one attached hydrogen (secondary N) is 1. The maximum absolute atomic E-state index is 12.9. The van der Waals surface area contributed by atoms with Crippen molar-refractivity contribution in [1.29, 1.82) is 0 Å². The van der Waals surface area contributed by atoms with Crippen LogP contribution in [0.2, 0.25) is 0 Å². The number of hydrogen-bond acceptors (Lipinski definition) is 11. The van der Waals surface area contributed by atoms with E-state index in [1.807, 2.05) is 0 Å². The number of ether oxygens (including phenoxy) is 2. The zero-order chi connectivity index (χ0) is 33.7. The van der Waals surface area contributed by atoms with Crippen molar-refractivity contribution in [3.63, 3.8) is 0 Å². The zero-order valence-electron chi connectivity index (χ0n) is 27.0. The second-order valence-electron chi connectivity index (χ2n) is 11.9. The molecule has 7 N–H and O–H groups in total. The lowest BCUT2D eigenvalue weighted by atomic mass is 9.99. The van der Waals surface area contributed by atoms with E-state index in [0.29, 0.717) is 19.3 Å². The van der Waals surface area contributed by atoms with Crippen LogP contribution in [0, 0.1) is 0 Å². The molecule has 0 radical (unpaired) electrons. The van der Waals surface area contributed by atoms with Gasteiger partial charge in [0.15, 0.2) is 6.29 Å². The van der Waals surface area contributed by atoms with E-state index in [-0.39, 0.29) is 6.42 Å². The van der Waals surface area contributed by atoms with E-state index in [2.05, 4.69) is 35.5 Å². The minimum Gasteiger partial charge on any atom is -0.394 e. The molecule has 0 aliphatic carbocycles. The molecule has 0 spiro atoms. The van der Waals surface area contributed by atoms with E-state index < -0.39 is 78.5 Å². The lowest BCUT2D eigenvalue weighted by Crippen LogP contribution is -2.61. The second-order valence-corrected chi connectivity index (χ2v) is 12.9. The molecule has 14 heteroatoms. The van der Waals surface area contributed by atoms with Gasteiger partial charge in [0.25, 0.3) is 0 Å². The van der Waals surface area contributed by atoms with E-state index >= 15 is 0 Å². The number of amides is 1. The fourth-order valence-electron chi connectivity index (χ4n) is 5.15. The Hall–Kier alpha value is -1.20. The molecule has 1 saturated heterocycles. The molecule has 13 nitrogen and oxygen atoms in total. The Bertz CT molecular complexity index is 905. The summed E-state index contributed by atoms with van der Waals surface area (Å²) in [7, 11) is -5.09. The minimum absolute atomic E-state index is 0.244. The maximum atomic E-state index is 12.9. The number of carbonyl (C=O) groups excluding carboxylic acids is 1. The van der Waals surface area contributed by atoms with Gasteiger partial charge in [0.1, 0.15) is 30.5 Å². The van der Waals surface area contributed by atoms with Crippen LogP contribution in [-0.4, -0.2) is 107 Å². The fourth-order valence-corrected chi connectivity index (χ4v) is 5.66. The van der Waals surface area contributed by atoms with Crippen LogP contribution in [0.5, 0.6) is 0 Å². The van der Waals surface area contributed by atoms with E-state index in [4.69, 9.17) is 14.0 Å². The van der Waals surface area contributed by atoms with Crippen LogP contribution in [0.25, 0.3) is 0 Å². The largest absolute Gasteiger partial charge is 0.397 e. The third-order valence-corrected chi connectivity index (χ3v) is 8.40. The van der Waals surface area contributed by atoms with Gasteiger partial charge in [-0.1, -0.05) is 96.6 Å². The Balaban J connectivity index is 2.74. The van der Waals surface area contributed by atoms with Crippen molar-refractivity contribution in [2.75, 3.05) is 13.2 Å². The Morgan fingerprint density at radius 1 is 0.867 bits per heavy atom. The van der Waals surface area contributed by atoms with Crippen LogP contribution in [-0.2, 0) is 28.9 Å². The molecule has 266 valence electrons. The van der Waals surface area contributed by atoms with Crippen molar-refractivity contribution in [3.05, 3.63) is 12.2 Å². The second kappa shape index (κ2) is 24.0. The predicted molar refractivity (Wildman–Crippen MR) is 168 cm³/mol. The summed E-state index contributed by atoms with van der Waals surface area (Å²) in [5, 5.41) is 54.4. The molecule has 1 aliphatic heterocycles. The zero-order valence-corrected chi connectivity index (χ0v) is 27.9. The average molecular weight is 670 g/mol. The van der Waals surface area contributed by atoms with Gasteiger partial charge < -0.3 is 40.3 Å². The van der Waals surface area contributed by atoms with Crippen LogP contribution in [0.3, 0.4) is 0 Å². The first kappa shape index (κ1) is 41.8. The summed E-state index contributed by atoms with van der Waals surface area (Å²) < 4.78 is 47.0. The first-order valence-corrected chi connectivity index (χ1v) is 18.0. The SMILES string of the molecule is CCCC/C=C\CCCCCCC(O)C(=O)NC(COC1OC(CO)C(O)C(OS(=O)(=O)O)C1O)C(O)CCCCCCCC. The molecule has 0 saturated carbocycles. The number of carbonyl (C=O) groups is 1. The molecule has 8 atom stereocenters. The highest BCUT2D eigenvalue weighted by molar-refractivity contribution is 7.80. The van der Waals surface area contributed by atoms with Gasteiger partial charge in [-0.15, -0.1) is 0 Å². The van der Waals surface area contributed by atoms with Gasteiger partial charge in [-0.25, -0.2) is 4.18 Å². The number of unbranched alkanes of at least 4 members (excludes halogenated alkanes) is 11. The van der Waals surface area contributed by atoms with Gasteiger partial charge in [-0.2, -0.15) is 8.42 Å². The smallest absolute Gasteiger partial charge is 0.394 e. The van der Waals surface area contributed by atoms with E-state index in [1.54, 1.807) is 0 Å². The highest BCUT2D eigenvalue weighted by Gasteiger charge is 2.48. The highest BCUT2D eigenvalue weighted by Crippen LogP contribution is 2.26. The van der Waals surface area contributed by atoms with E-state index in [1.165, 1.54) is 12.8 Å². The van der Waals surface area contributed by atoms with Crippen LogP contribution < -0.4 is 5.32 Å². The van der Waals surface area contributed by atoms with Crippen molar-refractivity contribution >= 4 is 16.3 Å². The first-order valence-electron chi connectivity index (χ1n) is 16.7. The maximum Gasteiger partial charge on any atom is 0.397 e. The molecule has 1 heterocycles. The molecule has 45 heavy (non-hydrogen) atoms. The summed E-state index contributed by atoms with van der Waals surface area (Å²) in [4.78, 5) is 12.9. The number of allylic oxidation sites excluding steroid dienone is 2. The average Bonchev–Trinajstić information content (AvgIpc) is 3.00. The molecule has 1 fully saturated rings. The summed E-state index contributed by atoms with van der Waals surface area (Å²) >= 11 is 0. The normalized spacial score (nSPS) is 24.5. The summed E-state index contributed by atoms with van der Waals surface area (Å²) in [6, 6.07) is -1.03. The summed E-state index contributed by atoms with van der Waals surface area (Å²) in [5.41, 5.74) is 0. The highest BCUT2D eigenvalue weighted by atomic mass is 32.3. The monoisotopic (exact) mass is 669 g/mol. The molecule has 0 aromatic rings. The van der Waals surface area contributed by atoms with E-state index in [0.717, 1.165) is 64.2 Å². The molecule has 0 aromatic carbocycles. The van der Waals surface area contributed by atoms with E-state index in [9.17, 15) is 38.7 Å². The van der Waals surface area contributed by atoms with Crippen LogP contribution in [0.15, 0.2) is 12.2 Å². The molecule has 8 unspecified atom stereocenters.